The van der Waals surface area contributed by atoms with Crippen LogP contribution in [0.3, 0.4) is 0 Å². The van der Waals surface area contributed by atoms with E-state index in [2.05, 4.69) is 10.5 Å². The molecule has 0 aliphatic heterocycles. The van der Waals surface area contributed by atoms with Crippen molar-refractivity contribution in [1.29, 1.82) is 0 Å². The van der Waals surface area contributed by atoms with Gasteiger partial charge in [-0.3, -0.25) is 4.79 Å². The van der Waals surface area contributed by atoms with Crippen molar-refractivity contribution in [3.8, 4) is 5.75 Å². The van der Waals surface area contributed by atoms with E-state index in [1.165, 1.54) is 17.6 Å². The van der Waals surface area contributed by atoms with Crippen molar-refractivity contribution in [1.82, 2.24) is 5.43 Å². The maximum Gasteiger partial charge on any atom is 0.355 e. The van der Waals surface area contributed by atoms with Gasteiger partial charge in [-0.2, -0.15) is 5.10 Å². The van der Waals surface area contributed by atoms with Gasteiger partial charge in [-0.05, 0) is 55.0 Å². The van der Waals surface area contributed by atoms with E-state index in [0.717, 1.165) is 21.2 Å². The highest BCUT2D eigenvalue weighted by atomic mass is 35.5. The maximum atomic E-state index is 12.5. The highest BCUT2D eigenvalue weighted by Gasteiger charge is 2.18. The summed E-state index contributed by atoms with van der Waals surface area (Å²) in [6.45, 7) is 1.92. The lowest BCUT2D eigenvalue weighted by atomic mass is 10.1. The van der Waals surface area contributed by atoms with Crippen molar-refractivity contribution < 1.29 is 14.3 Å². The number of carbonyl (C=O) groups is 2. The summed E-state index contributed by atoms with van der Waals surface area (Å²) in [7, 11) is 0. The van der Waals surface area contributed by atoms with Crippen molar-refractivity contribution in [3.05, 3.63) is 99.4 Å². The largest absolute Gasteiger partial charge is 0.422 e. The maximum absolute atomic E-state index is 12.5. The van der Waals surface area contributed by atoms with E-state index in [9.17, 15) is 9.59 Å². The van der Waals surface area contributed by atoms with Gasteiger partial charge in [0.25, 0.3) is 5.91 Å². The van der Waals surface area contributed by atoms with Crippen LogP contribution in [0.5, 0.6) is 5.75 Å². The number of halogens is 1. The van der Waals surface area contributed by atoms with Gasteiger partial charge in [-0.1, -0.05) is 47.5 Å². The Bertz CT molecular complexity index is 1300. The van der Waals surface area contributed by atoms with Crippen LogP contribution in [0.25, 0.3) is 10.1 Å². The van der Waals surface area contributed by atoms with Gasteiger partial charge in [0.1, 0.15) is 10.6 Å². The lowest BCUT2D eigenvalue weighted by Crippen LogP contribution is -2.17. The van der Waals surface area contributed by atoms with Gasteiger partial charge >= 0.3 is 5.97 Å². The Morgan fingerprint density at radius 1 is 1.03 bits per heavy atom. The van der Waals surface area contributed by atoms with Gasteiger partial charge in [0.05, 0.1) is 11.2 Å². The third-order valence-corrected chi connectivity index (χ3v) is 6.13. The molecule has 0 radical (unpaired) electrons. The number of esters is 1. The molecule has 0 spiro atoms. The SMILES string of the molecule is Cc1cccc(C(=O)N/N=C/c2ccc(OC(=O)c3sc4ccccc4c3Cl)cc2)c1. The van der Waals surface area contributed by atoms with E-state index in [1.807, 2.05) is 43.3 Å². The van der Waals surface area contributed by atoms with Crippen LogP contribution >= 0.6 is 22.9 Å². The van der Waals surface area contributed by atoms with Gasteiger partial charge in [-0.15, -0.1) is 11.3 Å². The van der Waals surface area contributed by atoms with Crippen LogP contribution in [-0.2, 0) is 0 Å². The zero-order valence-electron chi connectivity index (χ0n) is 16.5. The standard InChI is InChI=1S/C24H17ClN2O3S/c1-15-5-4-6-17(13-15)23(28)27-26-14-16-9-11-18(12-10-16)30-24(29)22-21(25)19-7-2-3-8-20(19)31-22/h2-14H,1H3,(H,27,28)/b26-14+. The number of fused-ring (bicyclic) bond motifs is 1. The highest BCUT2D eigenvalue weighted by Crippen LogP contribution is 2.35. The van der Waals surface area contributed by atoms with Crippen LogP contribution in [0.2, 0.25) is 5.02 Å². The minimum atomic E-state index is -0.502. The van der Waals surface area contributed by atoms with E-state index in [-0.39, 0.29) is 5.91 Å². The first-order chi connectivity index (χ1) is 15.0. The predicted molar refractivity (Wildman–Crippen MR) is 124 cm³/mol. The molecule has 4 rings (SSSR count). The lowest BCUT2D eigenvalue weighted by molar-refractivity contribution is 0.0739. The summed E-state index contributed by atoms with van der Waals surface area (Å²) >= 11 is 7.64. The molecule has 7 heteroatoms. The fourth-order valence-corrected chi connectivity index (χ4v) is 4.32. The van der Waals surface area contributed by atoms with Gasteiger partial charge in [-0.25, -0.2) is 10.2 Å². The average molecular weight is 449 g/mol. The quantitative estimate of drug-likeness (QED) is 0.180. The molecule has 1 amide bonds. The highest BCUT2D eigenvalue weighted by molar-refractivity contribution is 7.21. The first-order valence-corrected chi connectivity index (χ1v) is 10.6. The Morgan fingerprint density at radius 2 is 1.81 bits per heavy atom. The van der Waals surface area contributed by atoms with Crippen molar-refractivity contribution >= 4 is 51.1 Å². The van der Waals surface area contributed by atoms with E-state index in [4.69, 9.17) is 16.3 Å². The molecule has 4 aromatic rings. The normalized spacial score (nSPS) is 11.0. The summed E-state index contributed by atoms with van der Waals surface area (Å²) in [4.78, 5) is 25.0. The minimum Gasteiger partial charge on any atom is -0.422 e. The molecule has 1 N–H and O–H groups in total. The number of thiophene rings is 1. The summed E-state index contributed by atoms with van der Waals surface area (Å²) < 4.78 is 6.38. The topological polar surface area (TPSA) is 67.8 Å². The second kappa shape index (κ2) is 9.12. The number of hydrogen-bond acceptors (Lipinski definition) is 5. The number of nitrogens with zero attached hydrogens (tertiary/aromatic N) is 1. The summed E-state index contributed by atoms with van der Waals surface area (Å²) in [5, 5.41) is 5.21. The molecule has 0 unspecified atom stereocenters. The molecule has 1 aromatic heterocycles. The lowest BCUT2D eigenvalue weighted by Gasteiger charge is -2.04. The van der Waals surface area contributed by atoms with Crippen LogP contribution in [-0.4, -0.2) is 18.1 Å². The third kappa shape index (κ3) is 4.82. The molecule has 0 saturated carbocycles. The number of benzene rings is 3. The number of hydrogen-bond donors (Lipinski definition) is 1. The molecule has 154 valence electrons. The van der Waals surface area contributed by atoms with Gasteiger partial charge in [0.2, 0.25) is 0 Å². The molecule has 0 aliphatic rings. The number of carbonyl (C=O) groups excluding carboxylic acids is 2. The summed E-state index contributed by atoms with van der Waals surface area (Å²) in [6.07, 6.45) is 1.52. The van der Waals surface area contributed by atoms with Crippen molar-refractivity contribution in [2.75, 3.05) is 0 Å². The number of hydrazone groups is 1. The Balaban J connectivity index is 1.38. The molecule has 0 fully saturated rings. The van der Waals surface area contributed by atoms with Crippen molar-refractivity contribution in [2.24, 2.45) is 5.10 Å². The third-order valence-electron chi connectivity index (χ3n) is 4.47. The fourth-order valence-electron chi connectivity index (χ4n) is 2.94. The van der Waals surface area contributed by atoms with Crippen LogP contribution in [0.1, 0.15) is 31.2 Å². The van der Waals surface area contributed by atoms with E-state index >= 15 is 0 Å². The molecular weight excluding hydrogens is 432 g/mol. The van der Waals surface area contributed by atoms with Crippen LogP contribution in [0, 0.1) is 6.92 Å². The van der Waals surface area contributed by atoms with Gasteiger partial charge < -0.3 is 4.74 Å². The molecule has 0 aliphatic carbocycles. The fraction of sp³-hybridized carbons (Fsp3) is 0.0417. The Kier molecular flexibility index (Phi) is 6.11. The first kappa shape index (κ1) is 20.8. The zero-order valence-corrected chi connectivity index (χ0v) is 18.0. The zero-order chi connectivity index (χ0) is 21.8. The van der Waals surface area contributed by atoms with Crippen LogP contribution in [0.4, 0.5) is 0 Å². The number of aryl methyl sites for hydroxylation is 1. The number of ether oxygens (including phenoxy) is 1. The number of rotatable bonds is 5. The van der Waals surface area contributed by atoms with Crippen LogP contribution in [0.15, 0.2) is 77.9 Å². The number of nitrogens with one attached hydrogen (secondary N) is 1. The van der Waals surface area contributed by atoms with E-state index < -0.39 is 5.97 Å². The smallest absolute Gasteiger partial charge is 0.355 e. The predicted octanol–water partition coefficient (Wildman–Crippen LogP) is 5.85. The first-order valence-electron chi connectivity index (χ1n) is 9.40. The monoisotopic (exact) mass is 448 g/mol. The summed E-state index contributed by atoms with van der Waals surface area (Å²) in [5.74, 6) is -0.400. The van der Waals surface area contributed by atoms with Gasteiger partial charge in [0, 0.05) is 15.6 Å². The molecule has 0 bridgehead atoms. The molecular formula is C24H17ClN2O3S. The molecule has 0 atom stereocenters. The summed E-state index contributed by atoms with van der Waals surface area (Å²) in [6, 6.07) is 21.6. The summed E-state index contributed by atoms with van der Waals surface area (Å²) in [5.41, 5.74) is 4.77. The van der Waals surface area contributed by atoms with Crippen molar-refractivity contribution in [2.45, 2.75) is 6.92 Å². The van der Waals surface area contributed by atoms with Crippen molar-refractivity contribution in [3.63, 3.8) is 0 Å². The Hall–Kier alpha value is -3.48. The molecule has 0 saturated heterocycles. The van der Waals surface area contributed by atoms with E-state index in [1.54, 1.807) is 36.4 Å². The second-order valence-corrected chi connectivity index (χ2v) is 8.20. The van der Waals surface area contributed by atoms with E-state index in [0.29, 0.717) is 21.2 Å². The minimum absolute atomic E-state index is 0.286. The molecule has 5 nitrogen and oxygen atoms in total. The second-order valence-electron chi connectivity index (χ2n) is 6.77. The molecule has 31 heavy (non-hydrogen) atoms. The Labute approximate surface area is 187 Å². The average Bonchev–Trinajstić information content (AvgIpc) is 3.12. The van der Waals surface area contributed by atoms with Gasteiger partial charge in [0.15, 0.2) is 0 Å². The number of amides is 1. The Morgan fingerprint density at radius 3 is 2.55 bits per heavy atom. The molecule has 3 aromatic carbocycles. The van der Waals surface area contributed by atoms with Crippen LogP contribution < -0.4 is 10.2 Å². The molecule has 1 heterocycles.